The molecule has 0 aliphatic carbocycles. The molecule has 0 unspecified atom stereocenters. The maximum atomic E-state index is 11.6. The lowest BCUT2D eigenvalue weighted by molar-refractivity contribution is -0.254. The highest BCUT2D eigenvalue weighted by molar-refractivity contribution is 6.05. The average Bonchev–Trinajstić information content (AvgIpc) is 2.83. The summed E-state index contributed by atoms with van der Waals surface area (Å²) >= 11 is 0. The van der Waals surface area contributed by atoms with E-state index in [4.69, 9.17) is 0 Å². The molecule has 0 atom stereocenters. The third kappa shape index (κ3) is 1.84. The summed E-state index contributed by atoms with van der Waals surface area (Å²) in [4.78, 5) is 16.0. The fourth-order valence-electron chi connectivity index (χ4n) is 2.35. The Bertz CT molecular complexity index is 821. The smallest absolute Gasteiger partial charge is 0.0955 e. The molecule has 20 heavy (non-hydrogen) atoms. The maximum absolute atomic E-state index is 11.6. The van der Waals surface area contributed by atoms with Crippen molar-refractivity contribution in [3.63, 3.8) is 0 Å². The molecule has 0 amide bonds. The SMILES string of the molecule is Cc1ccn(-c2c(C)nc3ccccc3c2C(=O)[O-])n1. The fourth-order valence-corrected chi connectivity index (χ4v) is 2.35. The molecule has 0 saturated heterocycles. The Balaban J connectivity index is 2.44. The Kier molecular flexibility index (Phi) is 2.75. The number of carbonyl (C=O) groups excluding carboxylic acids is 1. The molecule has 3 rings (SSSR count). The number of pyridine rings is 1. The van der Waals surface area contributed by atoms with Crippen LogP contribution in [0.15, 0.2) is 36.5 Å². The van der Waals surface area contributed by atoms with Gasteiger partial charge in [-0.2, -0.15) is 5.10 Å². The van der Waals surface area contributed by atoms with Gasteiger partial charge in [-0.3, -0.25) is 4.98 Å². The van der Waals surface area contributed by atoms with Crippen molar-refractivity contribution in [2.24, 2.45) is 0 Å². The molecular formula is C15H12N3O2-. The lowest BCUT2D eigenvalue weighted by atomic mass is 10.1. The summed E-state index contributed by atoms with van der Waals surface area (Å²) in [5.74, 6) is -1.23. The first kappa shape index (κ1) is 12.3. The van der Waals surface area contributed by atoms with Gasteiger partial charge in [0.15, 0.2) is 0 Å². The van der Waals surface area contributed by atoms with E-state index in [9.17, 15) is 9.90 Å². The van der Waals surface area contributed by atoms with Gasteiger partial charge in [-0.25, -0.2) is 4.68 Å². The molecular weight excluding hydrogens is 254 g/mol. The van der Waals surface area contributed by atoms with Gasteiger partial charge in [0.25, 0.3) is 0 Å². The number of benzene rings is 1. The van der Waals surface area contributed by atoms with E-state index in [1.54, 1.807) is 31.3 Å². The van der Waals surface area contributed by atoms with Gasteiger partial charge in [0, 0.05) is 17.1 Å². The van der Waals surface area contributed by atoms with Crippen LogP contribution in [0.25, 0.3) is 16.6 Å². The number of aromatic carboxylic acids is 1. The highest BCUT2D eigenvalue weighted by atomic mass is 16.4. The van der Waals surface area contributed by atoms with Crippen molar-refractivity contribution in [3.8, 4) is 5.69 Å². The fraction of sp³-hybridized carbons (Fsp3) is 0.133. The number of carboxylic acids is 1. The summed E-state index contributed by atoms with van der Waals surface area (Å²) in [5, 5.41) is 16.4. The molecule has 5 heteroatoms. The first-order valence-electron chi connectivity index (χ1n) is 6.21. The molecule has 0 aliphatic rings. The third-order valence-corrected chi connectivity index (χ3v) is 3.20. The number of aromatic nitrogens is 3. The number of carbonyl (C=O) groups is 1. The van der Waals surface area contributed by atoms with Gasteiger partial charge in [0.2, 0.25) is 0 Å². The second-order valence-corrected chi connectivity index (χ2v) is 4.63. The molecule has 0 bridgehead atoms. The van der Waals surface area contributed by atoms with E-state index in [2.05, 4.69) is 10.1 Å². The molecule has 0 fully saturated rings. The van der Waals surface area contributed by atoms with Crippen LogP contribution < -0.4 is 5.11 Å². The molecule has 100 valence electrons. The second-order valence-electron chi connectivity index (χ2n) is 4.63. The normalized spacial score (nSPS) is 10.9. The van der Waals surface area contributed by atoms with Crippen LogP contribution in [0.4, 0.5) is 0 Å². The minimum atomic E-state index is -1.23. The Morgan fingerprint density at radius 1 is 1.20 bits per heavy atom. The predicted molar refractivity (Wildman–Crippen MR) is 72.7 cm³/mol. The molecule has 0 radical (unpaired) electrons. The Labute approximate surface area is 115 Å². The topological polar surface area (TPSA) is 70.8 Å². The zero-order chi connectivity index (χ0) is 14.3. The number of hydrogen-bond donors (Lipinski definition) is 0. The van der Waals surface area contributed by atoms with Crippen molar-refractivity contribution in [3.05, 3.63) is 53.5 Å². The predicted octanol–water partition coefficient (Wildman–Crippen LogP) is 1.40. The third-order valence-electron chi connectivity index (χ3n) is 3.20. The minimum Gasteiger partial charge on any atom is -0.545 e. The van der Waals surface area contributed by atoms with Crippen molar-refractivity contribution in [1.29, 1.82) is 0 Å². The van der Waals surface area contributed by atoms with Gasteiger partial charge in [-0.1, -0.05) is 18.2 Å². The van der Waals surface area contributed by atoms with Crippen molar-refractivity contribution >= 4 is 16.9 Å². The van der Waals surface area contributed by atoms with Gasteiger partial charge in [-0.15, -0.1) is 0 Å². The highest BCUT2D eigenvalue weighted by Crippen LogP contribution is 2.25. The van der Waals surface area contributed by atoms with Gasteiger partial charge < -0.3 is 9.90 Å². The van der Waals surface area contributed by atoms with Crippen LogP contribution in [0.2, 0.25) is 0 Å². The summed E-state index contributed by atoms with van der Waals surface area (Å²) in [6.07, 6.45) is 1.72. The lowest BCUT2D eigenvalue weighted by Gasteiger charge is -2.16. The number of nitrogens with zero attached hydrogens (tertiary/aromatic N) is 3. The summed E-state index contributed by atoms with van der Waals surface area (Å²) in [6, 6.07) is 8.93. The van der Waals surface area contributed by atoms with Crippen LogP contribution >= 0.6 is 0 Å². The van der Waals surface area contributed by atoms with E-state index in [0.717, 1.165) is 5.69 Å². The van der Waals surface area contributed by atoms with Crippen LogP contribution in [0.1, 0.15) is 21.7 Å². The first-order chi connectivity index (χ1) is 9.58. The summed E-state index contributed by atoms with van der Waals surface area (Å²) in [7, 11) is 0. The van der Waals surface area contributed by atoms with E-state index in [1.165, 1.54) is 4.68 Å². The van der Waals surface area contributed by atoms with E-state index < -0.39 is 5.97 Å². The van der Waals surface area contributed by atoms with Crippen molar-refractivity contribution in [2.75, 3.05) is 0 Å². The standard InChI is InChI=1S/C15H13N3O2/c1-9-7-8-18(17-9)14-10(2)16-12-6-4-3-5-11(12)13(14)15(19)20/h3-8H,1-2H3,(H,19,20)/p-1. The lowest BCUT2D eigenvalue weighted by Crippen LogP contribution is -2.25. The Morgan fingerprint density at radius 2 is 1.95 bits per heavy atom. The average molecular weight is 266 g/mol. The zero-order valence-corrected chi connectivity index (χ0v) is 11.1. The van der Waals surface area contributed by atoms with E-state index in [-0.39, 0.29) is 5.56 Å². The van der Waals surface area contributed by atoms with E-state index >= 15 is 0 Å². The molecule has 2 aromatic heterocycles. The molecule has 3 aromatic rings. The highest BCUT2D eigenvalue weighted by Gasteiger charge is 2.15. The number of aryl methyl sites for hydroxylation is 2. The quantitative estimate of drug-likeness (QED) is 0.703. The molecule has 0 spiro atoms. The van der Waals surface area contributed by atoms with Crippen molar-refractivity contribution < 1.29 is 9.90 Å². The van der Waals surface area contributed by atoms with Crippen LogP contribution in [0.3, 0.4) is 0 Å². The summed E-state index contributed by atoms with van der Waals surface area (Å²) < 4.78 is 1.54. The largest absolute Gasteiger partial charge is 0.545 e. The van der Waals surface area contributed by atoms with Crippen LogP contribution in [0, 0.1) is 13.8 Å². The monoisotopic (exact) mass is 266 g/mol. The van der Waals surface area contributed by atoms with Crippen LogP contribution in [-0.4, -0.2) is 20.7 Å². The molecule has 0 aliphatic heterocycles. The molecule has 2 heterocycles. The van der Waals surface area contributed by atoms with Crippen molar-refractivity contribution in [2.45, 2.75) is 13.8 Å². The van der Waals surface area contributed by atoms with E-state index in [0.29, 0.717) is 22.3 Å². The van der Waals surface area contributed by atoms with Gasteiger partial charge in [0.1, 0.15) is 0 Å². The number of carboxylic acid groups (broad SMARTS) is 1. The summed E-state index contributed by atoms with van der Waals surface area (Å²) in [6.45, 7) is 3.62. The number of fused-ring (bicyclic) bond motifs is 1. The minimum absolute atomic E-state index is 0.121. The van der Waals surface area contributed by atoms with Gasteiger partial charge in [0.05, 0.1) is 28.6 Å². The maximum Gasteiger partial charge on any atom is 0.0955 e. The Morgan fingerprint density at radius 3 is 2.60 bits per heavy atom. The number of para-hydroxylation sites is 1. The Hall–Kier alpha value is -2.69. The molecule has 1 aromatic carbocycles. The van der Waals surface area contributed by atoms with Gasteiger partial charge in [-0.05, 0) is 26.0 Å². The molecule has 0 saturated carbocycles. The first-order valence-corrected chi connectivity index (χ1v) is 6.21. The molecule has 5 nitrogen and oxygen atoms in total. The molecule has 0 N–H and O–H groups in total. The van der Waals surface area contributed by atoms with E-state index in [1.807, 2.05) is 19.1 Å². The number of rotatable bonds is 2. The van der Waals surface area contributed by atoms with Crippen LogP contribution in [0.5, 0.6) is 0 Å². The van der Waals surface area contributed by atoms with Crippen LogP contribution in [-0.2, 0) is 0 Å². The zero-order valence-electron chi connectivity index (χ0n) is 11.1. The van der Waals surface area contributed by atoms with Gasteiger partial charge >= 0.3 is 0 Å². The van der Waals surface area contributed by atoms with Crippen molar-refractivity contribution in [1.82, 2.24) is 14.8 Å². The second kappa shape index (κ2) is 4.45. The summed E-state index contributed by atoms with van der Waals surface area (Å²) in [5.41, 5.74) is 2.62. The number of hydrogen-bond acceptors (Lipinski definition) is 4.